The molecule has 0 bridgehead atoms. The smallest absolute Gasteiger partial charge is 0.401 e. The van der Waals surface area contributed by atoms with Crippen molar-refractivity contribution in [1.82, 2.24) is 9.88 Å². The summed E-state index contributed by atoms with van der Waals surface area (Å²) in [5, 5.41) is 9.27. The highest BCUT2D eigenvalue weighted by Gasteiger charge is 2.34. The minimum atomic E-state index is -4.15. The van der Waals surface area contributed by atoms with E-state index in [9.17, 15) is 23.1 Å². The van der Waals surface area contributed by atoms with E-state index in [1.807, 2.05) is 6.07 Å². The van der Waals surface area contributed by atoms with Gasteiger partial charge in [0, 0.05) is 36.3 Å². The van der Waals surface area contributed by atoms with Gasteiger partial charge in [-0.05, 0) is 80.6 Å². The van der Waals surface area contributed by atoms with E-state index in [0.717, 1.165) is 50.8 Å². The van der Waals surface area contributed by atoms with E-state index in [2.05, 4.69) is 35.0 Å². The summed E-state index contributed by atoms with van der Waals surface area (Å²) in [5.74, 6) is 0.855. The monoisotopic (exact) mass is 575 g/mol. The number of aryl methyl sites for hydroxylation is 1. The number of ether oxygens (including phenoxy) is 2. The van der Waals surface area contributed by atoms with E-state index in [1.54, 1.807) is 6.20 Å². The normalized spacial score (nSPS) is 20.9. The molecule has 1 atom stereocenters. The summed E-state index contributed by atoms with van der Waals surface area (Å²) in [4.78, 5) is 19.7. The lowest BCUT2D eigenvalue weighted by Gasteiger charge is -2.38. The van der Waals surface area contributed by atoms with Crippen LogP contribution >= 0.6 is 0 Å². The SMILES string of the molecule is CCc1ccc(C2CCN(CC(F)(F)F)CC2)c(N2CCC(COc3cc4c(cn3)OCCC4CC(=O)O)CC2)c1. The Morgan fingerprint density at radius 1 is 1.07 bits per heavy atom. The summed E-state index contributed by atoms with van der Waals surface area (Å²) in [6.45, 7) is 5.09. The van der Waals surface area contributed by atoms with Crippen molar-refractivity contribution < 1.29 is 32.5 Å². The first kappa shape index (κ1) is 29.5. The zero-order valence-corrected chi connectivity index (χ0v) is 23.7. The van der Waals surface area contributed by atoms with E-state index in [-0.39, 0.29) is 18.3 Å². The highest BCUT2D eigenvalue weighted by molar-refractivity contribution is 5.68. The molecular formula is C31H40F3N3O4. The number of pyridine rings is 1. The Labute approximate surface area is 239 Å². The molecule has 224 valence electrons. The van der Waals surface area contributed by atoms with Crippen LogP contribution in [0.4, 0.5) is 18.9 Å². The van der Waals surface area contributed by atoms with Crippen molar-refractivity contribution in [2.75, 3.05) is 50.8 Å². The molecule has 0 radical (unpaired) electrons. The molecule has 4 heterocycles. The van der Waals surface area contributed by atoms with Crippen LogP contribution < -0.4 is 14.4 Å². The van der Waals surface area contributed by atoms with Crippen LogP contribution in [-0.2, 0) is 11.2 Å². The molecule has 1 aromatic carbocycles. The van der Waals surface area contributed by atoms with Gasteiger partial charge in [0.2, 0.25) is 5.88 Å². The third-order valence-electron chi connectivity index (χ3n) is 8.81. The molecule has 1 aromatic heterocycles. The van der Waals surface area contributed by atoms with Gasteiger partial charge in [-0.3, -0.25) is 9.69 Å². The van der Waals surface area contributed by atoms with E-state index >= 15 is 0 Å². The Balaban J connectivity index is 1.18. The zero-order valence-electron chi connectivity index (χ0n) is 23.7. The summed E-state index contributed by atoms with van der Waals surface area (Å²) >= 11 is 0. The van der Waals surface area contributed by atoms with Gasteiger partial charge in [-0.25, -0.2) is 4.98 Å². The lowest BCUT2D eigenvalue weighted by molar-refractivity contribution is -0.148. The largest absolute Gasteiger partial charge is 0.492 e. The van der Waals surface area contributed by atoms with E-state index in [0.29, 0.717) is 50.3 Å². The molecule has 0 aliphatic carbocycles. The minimum absolute atomic E-state index is 0.0617. The number of aromatic nitrogens is 1. The molecular weight excluding hydrogens is 535 g/mol. The van der Waals surface area contributed by atoms with Gasteiger partial charge in [0.15, 0.2) is 0 Å². The number of rotatable bonds is 9. The maximum Gasteiger partial charge on any atom is 0.401 e. The van der Waals surface area contributed by atoms with Crippen molar-refractivity contribution in [2.45, 2.75) is 69.9 Å². The maximum absolute atomic E-state index is 12.9. The van der Waals surface area contributed by atoms with E-state index < -0.39 is 18.7 Å². The zero-order chi connectivity index (χ0) is 29.0. The van der Waals surface area contributed by atoms with Crippen molar-refractivity contribution in [3.8, 4) is 11.6 Å². The Bertz CT molecular complexity index is 1190. The van der Waals surface area contributed by atoms with Crippen molar-refractivity contribution in [3.05, 3.63) is 47.2 Å². The summed E-state index contributed by atoms with van der Waals surface area (Å²) < 4.78 is 50.4. The van der Waals surface area contributed by atoms with Crippen molar-refractivity contribution in [1.29, 1.82) is 0 Å². The second kappa shape index (κ2) is 12.9. The number of benzene rings is 1. The summed E-state index contributed by atoms with van der Waals surface area (Å²) in [5.41, 5.74) is 4.62. The van der Waals surface area contributed by atoms with Crippen LogP contribution in [0, 0.1) is 5.92 Å². The maximum atomic E-state index is 12.9. The van der Waals surface area contributed by atoms with Crippen LogP contribution in [-0.4, -0.2) is 73.1 Å². The molecule has 1 N–H and O–H groups in total. The lowest BCUT2D eigenvalue weighted by Crippen LogP contribution is -2.40. The molecule has 2 saturated heterocycles. The van der Waals surface area contributed by atoms with Gasteiger partial charge < -0.3 is 19.5 Å². The molecule has 41 heavy (non-hydrogen) atoms. The number of piperidine rings is 2. The average molecular weight is 576 g/mol. The van der Waals surface area contributed by atoms with Crippen molar-refractivity contribution in [2.24, 2.45) is 5.92 Å². The van der Waals surface area contributed by atoms with Gasteiger partial charge in [0.1, 0.15) is 5.75 Å². The molecule has 3 aliphatic heterocycles. The standard InChI is InChI=1S/C31H40F3N3O4/c1-2-21-3-4-25(23-7-10-36(11-8-23)20-31(32,33)34)27(15-21)37-12-5-22(6-13-37)19-41-29-17-26-24(16-30(38)39)9-14-40-28(26)18-35-29/h3-4,15,17-18,22-24H,2,5-14,16,19-20H2,1H3,(H,38,39). The summed E-state index contributed by atoms with van der Waals surface area (Å²) in [6.07, 6.45) is 2.56. The van der Waals surface area contributed by atoms with Crippen LogP contribution in [0.15, 0.2) is 30.5 Å². The fourth-order valence-electron chi connectivity index (χ4n) is 6.47. The number of hydrogen-bond acceptors (Lipinski definition) is 6. The number of likely N-dealkylation sites (tertiary alicyclic amines) is 1. The predicted octanol–water partition coefficient (Wildman–Crippen LogP) is 6.02. The van der Waals surface area contributed by atoms with E-state index in [1.165, 1.54) is 21.7 Å². The van der Waals surface area contributed by atoms with Crippen LogP contribution in [0.1, 0.15) is 74.0 Å². The molecule has 7 nitrogen and oxygen atoms in total. The minimum Gasteiger partial charge on any atom is -0.492 e. The van der Waals surface area contributed by atoms with Gasteiger partial charge >= 0.3 is 12.1 Å². The molecule has 0 saturated carbocycles. The quantitative estimate of drug-likeness (QED) is 0.392. The molecule has 10 heteroatoms. The molecule has 5 rings (SSSR count). The van der Waals surface area contributed by atoms with Crippen molar-refractivity contribution >= 4 is 11.7 Å². The molecule has 2 aromatic rings. The van der Waals surface area contributed by atoms with Crippen LogP contribution in [0.3, 0.4) is 0 Å². The topological polar surface area (TPSA) is 75.1 Å². The average Bonchev–Trinajstić information content (AvgIpc) is 2.95. The molecule has 0 amide bonds. The number of carboxylic acid groups (broad SMARTS) is 1. The number of aliphatic carboxylic acids is 1. The van der Waals surface area contributed by atoms with Crippen LogP contribution in [0.2, 0.25) is 0 Å². The predicted molar refractivity (Wildman–Crippen MR) is 150 cm³/mol. The van der Waals surface area contributed by atoms with E-state index in [4.69, 9.17) is 9.47 Å². The van der Waals surface area contributed by atoms with Crippen LogP contribution in [0.5, 0.6) is 11.6 Å². The van der Waals surface area contributed by atoms with Crippen molar-refractivity contribution in [3.63, 3.8) is 0 Å². The molecule has 3 aliphatic rings. The molecule has 2 fully saturated rings. The number of hydrogen-bond donors (Lipinski definition) is 1. The van der Waals surface area contributed by atoms with Crippen LogP contribution in [0.25, 0.3) is 0 Å². The first-order valence-corrected chi connectivity index (χ1v) is 14.8. The summed E-state index contributed by atoms with van der Waals surface area (Å²) in [7, 11) is 0. The number of alkyl halides is 3. The third-order valence-corrected chi connectivity index (χ3v) is 8.81. The van der Waals surface area contributed by atoms with Gasteiger partial charge in [-0.15, -0.1) is 0 Å². The van der Waals surface area contributed by atoms with Gasteiger partial charge in [0.25, 0.3) is 0 Å². The fraction of sp³-hybridized carbons (Fsp3) is 0.613. The Hall–Kier alpha value is -3.01. The Kier molecular flexibility index (Phi) is 9.26. The molecule has 1 unspecified atom stereocenters. The van der Waals surface area contributed by atoms with Gasteiger partial charge in [0.05, 0.1) is 32.4 Å². The number of nitrogens with zero attached hydrogens (tertiary/aromatic N) is 3. The first-order valence-electron chi connectivity index (χ1n) is 14.8. The number of carboxylic acids is 1. The summed E-state index contributed by atoms with van der Waals surface area (Å²) in [6, 6.07) is 8.48. The second-order valence-electron chi connectivity index (χ2n) is 11.6. The fourth-order valence-corrected chi connectivity index (χ4v) is 6.47. The van der Waals surface area contributed by atoms with Gasteiger partial charge in [-0.1, -0.05) is 19.1 Å². The number of fused-ring (bicyclic) bond motifs is 1. The lowest BCUT2D eigenvalue weighted by atomic mass is 9.86. The Morgan fingerprint density at radius 2 is 1.83 bits per heavy atom. The number of carbonyl (C=O) groups is 1. The number of halogens is 3. The Morgan fingerprint density at radius 3 is 2.51 bits per heavy atom. The highest BCUT2D eigenvalue weighted by Crippen LogP contribution is 2.39. The highest BCUT2D eigenvalue weighted by atomic mass is 19.4. The number of anilines is 1. The third kappa shape index (κ3) is 7.64. The van der Waals surface area contributed by atoms with Gasteiger partial charge in [-0.2, -0.15) is 13.2 Å². The first-order chi connectivity index (χ1) is 19.7. The second-order valence-corrected chi connectivity index (χ2v) is 11.6. The molecule has 0 spiro atoms.